The predicted octanol–water partition coefficient (Wildman–Crippen LogP) is 5.36. The van der Waals surface area contributed by atoms with Gasteiger partial charge in [0.1, 0.15) is 5.82 Å². The summed E-state index contributed by atoms with van der Waals surface area (Å²) in [6, 6.07) is 20.3. The Bertz CT molecular complexity index is 1290. The minimum absolute atomic E-state index is 0.239. The molecule has 0 atom stereocenters. The maximum absolute atomic E-state index is 13.9. The summed E-state index contributed by atoms with van der Waals surface area (Å²) >= 11 is 0. The van der Waals surface area contributed by atoms with Gasteiger partial charge in [0.15, 0.2) is 0 Å². The molecule has 0 aliphatic heterocycles. The average Bonchev–Trinajstić information content (AvgIpc) is 3.19. The highest BCUT2D eigenvalue weighted by Crippen LogP contribution is 2.18. The molecule has 0 saturated heterocycles. The number of benzene rings is 3. The molecule has 4 aromatic rings. The zero-order valence-corrected chi connectivity index (χ0v) is 18.1. The third kappa shape index (κ3) is 5.03. The zero-order valence-electron chi connectivity index (χ0n) is 18.1. The number of fused-ring (bicyclic) bond motifs is 1. The van der Waals surface area contributed by atoms with Crippen molar-refractivity contribution in [3.05, 3.63) is 101 Å². The van der Waals surface area contributed by atoms with Crippen LogP contribution in [0.25, 0.3) is 10.9 Å². The number of carbonyl (C=O) groups is 1. The van der Waals surface area contributed by atoms with E-state index in [-0.39, 0.29) is 5.56 Å². The molecular weight excluding hydrogens is 403 g/mol. The molecule has 0 bridgehead atoms. The lowest BCUT2D eigenvalue weighted by atomic mass is 10.1. The lowest BCUT2D eigenvalue weighted by molar-refractivity contribution is 0.0976. The molecule has 6 heteroatoms. The number of guanidine groups is 1. The molecule has 0 spiro atoms. The summed E-state index contributed by atoms with van der Waals surface area (Å²) in [6.45, 7) is 4.12. The summed E-state index contributed by atoms with van der Waals surface area (Å²) in [5, 5.41) is 7.13. The molecule has 1 aromatic heterocycles. The molecule has 1 heterocycles. The van der Waals surface area contributed by atoms with Gasteiger partial charge in [0, 0.05) is 34.9 Å². The Morgan fingerprint density at radius 1 is 1.03 bits per heavy atom. The van der Waals surface area contributed by atoms with E-state index >= 15 is 0 Å². The van der Waals surface area contributed by atoms with Gasteiger partial charge in [-0.05, 0) is 67.3 Å². The molecule has 3 N–H and O–H groups in total. The summed E-state index contributed by atoms with van der Waals surface area (Å²) in [4.78, 5) is 20.6. The number of para-hydroxylation sites is 1. The van der Waals surface area contributed by atoms with Gasteiger partial charge in [0.2, 0.25) is 5.96 Å². The second kappa shape index (κ2) is 9.47. The van der Waals surface area contributed by atoms with Crippen molar-refractivity contribution in [2.24, 2.45) is 4.99 Å². The summed E-state index contributed by atoms with van der Waals surface area (Å²) < 4.78 is 13.9. The number of amides is 1. The van der Waals surface area contributed by atoms with Gasteiger partial charge in [-0.1, -0.05) is 36.4 Å². The molecule has 0 fully saturated rings. The Morgan fingerprint density at radius 2 is 1.88 bits per heavy atom. The summed E-state index contributed by atoms with van der Waals surface area (Å²) in [7, 11) is 0. The molecule has 5 nitrogen and oxygen atoms in total. The SMILES string of the molecule is Cc1cccc(NC(=NCCc2c[nH]c3ccccc23)NC(=O)c2ccc(C)c(F)c2)c1. The number of aliphatic imine (C=N–C) groups is 1. The standard InChI is InChI=1S/C26H25FN4O/c1-17-6-5-7-21(14-17)30-26(31-25(32)19-11-10-18(2)23(27)15-19)28-13-12-20-16-29-24-9-4-3-8-22(20)24/h3-11,14-16,29H,12-13H2,1-2H3,(H2,28,30,31,32). The smallest absolute Gasteiger partial charge is 0.258 e. The third-order valence-electron chi connectivity index (χ3n) is 5.27. The van der Waals surface area contributed by atoms with E-state index in [2.05, 4.69) is 26.7 Å². The number of hydrogen-bond acceptors (Lipinski definition) is 2. The van der Waals surface area contributed by atoms with Crippen molar-refractivity contribution in [1.29, 1.82) is 0 Å². The fourth-order valence-electron chi connectivity index (χ4n) is 3.51. The minimum Gasteiger partial charge on any atom is -0.361 e. The molecule has 3 aromatic carbocycles. The normalized spacial score (nSPS) is 11.5. The highest BCUT2D eigenvalue weighted by atomic mass is 19.1. The van der Waals surface area contributed by atoms with Crippen LogP contribution in [0.3, 0.4) is 0 Å². The van der Waals surface area contributed by atoms with Crippen molar-refractivity contribution in [1.82, 2.24) is 10.3 Å². The van der Waals surface area contributed by atoms with Crippen LogP contribution in [-0.4, -0.2) is 23.4 Å². The van der Waals surface area contributed by atoms with Gasteiger partial charge in [-0.15, -0.1) is 0 Å². The van der Waals surface area contributed by atoms with Gasteiger partial charge in [-0.2, -0.15) is 0 Å². The van der Waals surface area contributed by atoms with Gasteiger partial charge >= 0.3 is 0 Å². The van der Waals surface area contributed by atoms with E-state index in [1.54, 1.807) is 19.1 Å². The monoisotopic (exact) mass is 428 g/mol. The molecule has 32 heavy (non-hydrogen) atoms. The Kier molecular flexibility index (Phi) is 6.31. The Morgan fingerprint density at radius 3 is 2.69 bits per heavy atom. The second-order valence-corrected chi connectivity index (χ2v) is 7.75. The fourth-order valence-corrected chi connectivity index (χ4v) is 3.51. The fraction of sp³-hybridized carbons (Fsp3) is 0.154. The van der Waals surface area contributed by atoms with Crippen LogP contribution in [-0.2, 0) is 6.42 Å². The average molecular weight is 429 g/mol. The quantitative estimate of drug-likeness (QED) is 0.296. The van der Waals surface area contributed by atoms with Gasteiger partial charge in [0.05, 0.1) is 0 Å². The predicted molar refractivity (Wildman–Crippen MR) is 128 cm³/mol. The van der Waals surface area contributed by atoms with Crippen molar-refractivity contribution in [3.8, 4) is 0 Å². The van der Waals surface area contributed by atoms with E-state index in [0.717, 1.165) is 27.7 Å². The number of halogens is 1. The van der Waals surface area contributed by atoms with Crippen LogP contribution < -0.4 is 10.6 Å². The van der Waals surface area contributed by atoms with E-state index in [0.29, 0.717) is 24.5 Å². The Balaban J connectivity index is 1.53. The molecule has 0 aliphatic rings. The maximum Gasteiger partial charge on any atom is 0.258 e. The molecule has 4 rings (SSSR count). The first-order chi connectivity index (χ1) is 15.5. The van der Waals surface area contributed by atoms with E-state index in [4.69, 9.17) is 0 Å². The first-order valence-electron chi connectivity index (χ1n) is 10.5. The van der Waals surface area contributed by atoms with Crippen LogP contribution in [0.5, 0.6) is 0 Å². The van der Waals surface area contributed by atoms with Crippen molar-refractivity contribution >= 4 is 28.5 Å². The molecular formula is C26H25FN4O. The van der Waals surface area contributed by atoms with Crippen LogP contribution >= 0.6 is 0 Å². The Labute approximate surface area is 186 Å². The van der Waals surface area contributed by atoms with Gasteiger partial charge in [0.25, 0.3) is 5.91 Å². The first kappa shape index (κ1) is 21.3. The highest BCUT2D eigenvalue weighted by molar-refractivity contribution is 6.10. The number of aryl methyl sites for hydroxylation is 2. The molecule has 0 saturated carbocycles. The molecule has 1 amide bonds. The zero-order chi connectivity index (χ0) is 22.5. The number of H-pyrrole nitrogens is 1. The molecule has 0 aliphatic carbocycles. The lowest BCUT2D eigenvalue weighted by Gasteiger charge is -2.13. The Hall–Kier alpha value is -3.93. The van der Waals surface area contributed by atoms with Crippen LogP contribution in [0.4, 0.5) is 10.1 Å². The number of hydrogen-bond donors (Lipinski definition) is 3. The van der Waals surface area contributed by atoms with E-state index in [9.17, 15) is 9.18 Å². The van der Waals surface area contributed by atoms with Crippen LogP contribution in [0.15, 0.2) is 77.9 Å². The van der Waals surface area contributed by atoms with Crippen molar-refractivity contribution in [2.45, 2.75) is 20.3 Å². The van der Waals surface area contributed by atoms with Crippen molar-refractivity contribution in [3.63, 3.8) is 0 Å². The second-order valence-electron chi connectivity index (χ2n) is 7.75. The summed E-state index contributed by atoms with van der Waals surface area (Å²) in [5.41, 5.74) is 4.87. The third-order valence-corrected chi connectivity index (χ3v) is 5.27. The van der Waals surface area contributed by atoms with Crippen molar-refractivity contribution < 1.29 is 9.18 Å². The molecule has 162 valence electrons. The van der Waals surface area contributed by atoms with E-state index < -0.39 is 11.7 Å². The number of nitrogens with zero attached hydrogens (tertiary/aromatic N) is 1. The van der Waals surface area contributed by atoms with E-state index in [1.807, 2.05) is 55.6 Å². The molecule has 0 radical (unpaired) electrons. The highest BCUT2D eigenvalue weighted by Gasteiger charge is 2.12. The summed E-state index contributed by atoms with van der Waals surface area (Å²) in [6.07, 6.45) is 2.69. The number of nitrogens with one attached hydrogen (secondary N) is 3. The minimum atomic E-state index is -0.421. The maximum atomic E-state index is 13.9. The number of anilines is 1. The van der Waals surface area contributed by atoms with Gasteiger partial charge < -0.3 is 10.3 Å². The number of carbonyl (C=O) groups excluding carboxylic acids is 1. The number of aromatic nitrogens is 1. The lowest BCUT2D eigenvalue weighted by Crippen LogP contribution is -2.36. The first-order valence-corrected chi connectivity index (χ1v) is 10.5. The number of rotatable bonds is 5. The van der Waals surface area contributed by atoms with Crippen molar-refractivity contribution in [2.75, 3.05) is 11.9 Å². The van der Waals surface area contributed by atoms with Crippen LogP contribution in [0.1, 0.15) is 27.0 Å². The van der Waals surface area contributed by atoms with Crippen LogP contribution in [0, 0.1) is 19.7 Å². The topological polar surface area (TPSA) is 69.3 Å². The number of aromatic amines is 1. The van der Waals surface area contributed by atoms with E-state index in [1.165, 1.54) is 6.07 Å². The largest absolute Gasteiger partial charge is 0.361 e. The summed E-state index contributed by atoms with van der Waals surface area (Å²) in [5.74, 6) is -0.515. The van der Waals surface area contributed by atoms with Crippen LogP contribution in [0.2, 0.25) is 0 Å². The molecule has 0 unspecified atom stereocenters. The van der Waals surface area contributed by atoms with Gasteiger partial charge in [-0.3, -0.25) is 15.1 Å². The van der Waals surface area contributed by atoms with Gasteiger partial charge in [-0.25, -0.2) is 4.39 Å².